The molecular weight excluding hydrogens is 258 g/mol. The van der Waals surface area contributed by atoms with Crippen LogP contribution in [0.2, 0.25) is 0 Å². The Balaban J connectivity index is 2.49. The quantitative estimate of drug-likeness (QED) is 0.755. The van der Waals surface area contributed by atoms with Crippen LogP contribution < -0.4 is 0 Å². The van der Waals surface area contributed by atoms with Crippen LogP contribution in [0, 0.1) is 13.8 Å². The van der Waals surface area contributed by atoms with Crippen LogP contribution >= 0.6 is 27.3 Å². The van der Waals surface area contributed by atoms with Crippen LogP contribution in [0.4, 0.5) is 0 Å². The molecule has 3 heteroatoms. The molecule has 1 aromatic carbocycles. The van der Waals surface area contributed by atoms with E-state index in [4.69, 9.17) is 0 Å². The van der Waals surface area contributed by atoms with E-state index in [1.807, 2.05) is 6.92 Å². The molecule has 0 fully saturated rings. The minimum absolute atomic E-state index is 0.948. The summed E-state index contributed by atoms with van der Waals surface area (Å²) in [6.45, 7) is 4.11. The second kappa shape index (κ2) is 3.83. The fraction of sp³-hybridized carbons (Fsp3) is 0.182. The van der Waals surface area contributed by atoms with Crippen molar-refractivity contribution in [3.63, 3.8) is 0 Å². The number of aromatic nitrogens is 1. The van der Waals surface area contributed by atoms with Crippen molar-refractivity contribution in [1.29, 1.82) is 0 Å². The Kier molecular flexibility index (Phi) is 2.70. The highest BCUT2D eigenvalue weighted by Gasteiger charge is 2.07. The van der Waals surface area contributed by atoms with Crippen molar-refractivity contribution in [2.24, 2.45) is 0 Å². The van der Waals surface area contributed by atoms with Crippen LogP contribution in [0.15, 0.2) is 28.9 Å². The van der Waals surface area contributed by atoms with Gasteiger partial charge in [0.1, 0.15) is 4.60 Å². The third-order valence-corrected chi connectivity index (χ3v) is 3.86. The minimum atomic E-state index is 0.948. The zero-order valence-electron chi connectivity index (χ0n) is 8.04. The molecule has 2 rings (SSSR count). The third-order valence-electron chi connectivity index (χ3n) is 2.01. The molecule has 0 unspecified atom stereocenters. The molecule has 1 heterocycles. The molecule has 0 spiro atoms. The molecule has 0 atom stereocenters. The van der Waals surface area contributed by atoms with Gasteiger partial charge in [-0.1, -0.05) is 29.8 Å². The number of thiazole rings is 1. The summed E-state index contributed by atoms with van der Waals surface area (Å²) in [4.78, 5) is 5.56. The minimum Gasteiger partial charge on any atom is -0.234 e. The van der Waals surface area contributed by atoms with Crippen molar-refractivity contribution in [3.05, 3.63) is 39.4 Å². The van der Waals surface area contributed by atoms with Gasteiger partial charge in [-0.2, -0.15) is 0 Å². The van der Waals surface area contributed by atoms with Crippen molar-refractivity contribution >= 4 is 27.3 Å². The Morgan fingerprint density at radius 2 is 1.79 bits per heavy atom. The molecule has 0 saturated heterocycles. The molecule has 0 amide bonds. The number of nitrogens with zero attached hydrogens (tertiary/aromatic N) is 1. The second-order valence-corrected chi connectivity index (χ2v) is 5.17. The maximum atomic E-state index is 4.35. The lowest BCUT2D eigenvalue weighted by molar-refractivity contribution is 1.26. The molecule has 14 heavy (non-hydrogen) atoms. The summed E-state index contributed by atoms with van der Waals surface area (Å²) >= 11 is 5.19. The van der Waals surface area contributed by atoms with E-state index < -0.39 is 0 Å². The summed E-state index contributed by atoms with van der Waals surface area (Å²) in [5.41, 5.74) is 2.51. The summed E-state index contributed by atoms with van der Waals surface area (Å²) in [5.74, 6) is 0. The van der Waals surface area contributed by atoms with Gasteiger partial charge >= 0.3 is 0 Å². The fourth-order valence-electron chi connectivity index (χ4n) is 1.28. The first kappa shape index (κ1) is 9.87. The lowest BCUT2D eigenvalue weighted by atomic mass is 10.1. The fourth-order valence-corrected chi connectivity index (χ4v) is 2.96. The highest BCUT2D eigenvalue weighted by atomic mass is 79.9. The normalized spacial score (nSPS) is 10.5. The van der Waals surface area contributed by atoms with E-state index in [0.29, 0.717) is 0 Å². The zero-order valence-corrected chi connectivity index (χ0v) is 10.4. The Labute approximate surface area is 95.9 Å². The van der Waals surface area contributed by atoms with E-state index in [0.717, 1.165) is 9.61 Å². The molecule has 0 aliphatic carbocycles. The van der Waals surface area contributed by atoms with Crippen LogP contribution in [-0.4, -0.2) is 4.98 Å². The number of aryl methyl sites for hydroxylation is 2. The van der Waals surface area contributed by atoms with Gasteiger partial charge in [0.15, 0.2) is 0 Å². The van der Waals surface area contributed by atoms with Gasteiger partial charge in [0, 0.05) is 0 Å². The number of benzene rings is 1. The number of hydrogen-bond donors (Lipinski definition) is 0. The predicted molar refractivity (Wildman–Crippen MR) is 64.7 cm³/mol. The van der Waals surface area contributed by atoms with Crippen molar-refractivity contribution in [1.82, 2.24) is 4.98 Å². The molecule has 2 aromatic rings. The number of halogens is 1. The van der Waals surface area contributed by atoms with E-state index in [1.165, 1.54) is 16.0 Å². The van der Waals surface area contributed by atoms with Crippen molar-refractivity contribution in [2.75, 3.05) is 0 Å². The largest absolute Gasteiger partial charge is 0.234 e. The Morgan fingerprint density at radius 3 is 2.29 bits per heavy atom. The van der Waals surface area contributed by atoms with Crippen LogP contribution in [0.25, 0.3) is 10.4 Å². The average molecular weight is 268 g/mol. The smallest absolute Gasteiger partial charge is 0.125 e. The summed E-state index contributed by atoms with van der Waals surface area (Å²) in [6.07, 6.45) is 0. The van der Waals surface area contributed by atoms with E-state index in [1.54, 1.807) is 11.3 Å². The number of hydrogen-bond acceptors (Lipinski definition) is 2. The van der Waals surface area contributed by atoms with Crippen molar-refractivity contribution < 1.29 is 0 Å². The van der Waals surface area contributed by atoms with Gasteiger partial charge in [-0.05, 0) is 35.3 Å². The van der Waals surface area contributed by atoms with E-state index in [-0.39, 0.29) is 0 Å². The van der Waals surface area contributed by atoms with E-state index >= 15 is 0 Å². The third kappa shape index (κ3) is 1.88. The molecule has 0 aliphatic rings. The van der Waals surface area contributed by atoms with E-state index in [2.05, 4.69) is 52.1 Å². The van der Waals surface area contributed by atoms with Gasteiger partial charge in [-0.3, -0.25) is 0 Å². The Hall–Kier alpha value is -0.670. The molecule has 0 saturated carbocycles. The van der Waals surface area contributed by atoms with Crippen LogP contribution in [0.3, 0.4) is 0 Å². The topological polar surface area (TPSA) is 12.9 Å². The van der Waals surface area contributed by atoms with Crippen LogP contribution in [0.5, 0.6) is 0 Å². The summed E-state index contributed by atoms with van der Waals surface area (Å²) in [5, 5.41) is 1.09. The van der Waals surface area contributed by atoms with Gasteiger partial charge in [-0.15, -0.1) is 11.3 Å². The summed E-state index contributed by atoms with van der Waals surface area (Å²) in [7, 11) is 0. The van der Waals surface area contributed by atoms with Crippen molar-refractivity contribution in [2.45, 2.75) is 13.8 Å². The molecule has 1 aromatic heterocycles. The second-order valence-electron chi connectivity index (χ2n) is 3.22. The first-order valence-corrected chi connectivity index (χ1v) is 5.98. The van der Waals surface area contributed by atoms with Gasteiger partial charge in [0.25, 0.3) is 0 Å². The number of rotatable bonds is 1. The molecule has 72 valence electrons. The lowest BCUT2D eigenvalue weighted by Crippen LogP contribution is -1.75. The molecule has 0 aliphatic heterocycles. The molecule has 0 bridgehead atoms. The summed E-state index contributed by atoms with van der Waals surface area (Å²) < 4.78 is 0.948. The molecule has 0 radical (unpaired) electrons. The molecular formula is C11H10BrNS. The Morgan fingerprint density at radius 1 is 1.14 bits per heavy atom. The Bertz CT molecular complexity index is 445. The zero-order chi connectivity index (χ0) is 10.1. The van der Waals surface area contributed by atoms with Gasteiger partial charge in [-0.25, -0.2) is 4.98 Å². The molecule has 0 N–H and O–H groups in total. The first-order chi connectivity index (χ1) is 6.66. The van der Waals surface area contributed by atoms with Crippen molar-refractivity contribution in [3.8, 4) is 10.4 Å². The van der Waals surface area contributed by atoms with E-state index in [9.17, 15) is 0 Å². The lowest BCUT2D eigenvalue weighted by Gasteiger charge is -1.98. The van der Waals surface area contributed by atoms with Gasteiger partial charge < -0.3 is 0 Å². The average Bonchev–Trinajstić information content (AvgIpc) is 2.47. The van der Waals surface area contributed by atoms with Crippen LogP contribution in [-0.2, 0) is 0 Å². The van der Waals surface area contributed by atoms with Gasteiger partial charge in [0.05, 0.1) is 9.88 Å². The highest BCUT2D eigenvalue weighted by Crippen LogP contribution is 2.33. The molecule has 1 nitrogen and oxygen atoms in total. The summed E-state index contributed by atoms with van der Waals surface area (Å²) in [6, 6.07) is 8.51. The maximum absolute atomic E-state index is 4.35. The maximum Gasteiger partial charge on any atom is 0.125 e. The monoisotopic (exact) mass is 267 g/mol. The van der Waals surface area contributed by atoms with Crippen LogP contribution in [0.1, 0.15) is 10.6 Å². The first-order valence-electron chi connectivity index (χ1n) is 4.37. The van der Waals surface area contributed by atoms with Gasteiger partial charge in [0.2, 0.25) is 0 Å². The standard InChI is InChI=1S/C11H10BrNS/c1-7-3-5-9(6-4-7)10-11(12)13-8(2)14-10/h3-6H,1-2H3. The SMILES string of the molecule is Cc1ccc(-c2sc(C)nc2Br)cc1. The predicted octanol–water partition coefficient (Wildman–Crippen LogP) is 4.19. The highest BCUT2D eigenvalue weighted by molar-refractivity contribution is 9.10.